The van der Waals surface area contributed by atoms with Gasteiger partial charge in [-0.15, -0.1) is 10.2 Å². The van der Waals surface area contributed by atoms with Gasteiger partial charge in [0.15, 0.2) is 10.4 Å². The van der Waals surface area contributed by atoms with Crippen LogP contribution in [0.2, 0.25) is 0 Å². The van der Waals surface area contributed by atoms with Gasteiger partial charge in [-0.2, -0.15) is 0 Å². The SMILES string of the molecule is CC[C@@H](Oc1ccccc1C)C(=O)Nc1nnc(SCC(C)C)s1. The molecule has 1 aromatic carbocycles. The molecule has 0 aliphatic rings. The fourth-order valence-electron chi connectivity index (χ4n) is 1.91. The van der Waals surface area contributed by atoms with Crippen molar-refractivity contribution in [1.82, 2.24) is 10.2 Å². The van der Waals surface area contributed by atoms with Gasteiger partial charge in [0.25, 0.3) is 5.91 Å². The number of aromatic nitrogens is 2. The molecule has 0 bridgehead atoms. The van der Waals surface area contributed by atoms with E-state index in [4.69, 9.17) is 4.74 Å². The number of rotatable bonds is 8. The molecule has 0 aliphatic carbocycles. The van der Waals surface area contributed by atoms with Gasteiger partial charge in [0.05, 0.1) is 0 Å². The number of amides is 1. The highest BCUT2D eigenvalue weighted by molar-refractivity contribution is 8.01. The Kier molecular flexibility index (Phi) is 7.05. The molecule has 5 nitrogen and oxygen atoms in total. The zero-order valence-electron chi connectivity index (χ0n) is 14.4. The summed E-state index contributed by atoms with van der Waals surface area (Å²) in [4.78, 5) is 12.4. The Morgan fingerprint density at radius 2 is 2.08 bits per heavy atom. The Morgan fingerprint density at radius 1 is 1.33 bits per heavy atom. The first-order chi connectivity index (χ1) is 11.5. The van der Waals surface area contributed by atoms with Gasteiger partial charge in [-0.05, 0) is 30.9 Å². The third-order valence-corrected chi connectivity index (χ3v) is 5.60. The molecule has 0 spiro atoms. The van der Waals surface area contributed by atoms with Crippen LogP contribution in [-0.4, -0.2) is 28.0 Å². The summed E-state index contributed by atoms with van der Waals surface area (Å²) < 4.78 is 6.72. The standard InChI is InChI=1S/C17H23N3O2S2/c1-5-13(22-14-9-7-6-8-12(14)4)15(21)18-16-19-20-17(24-16)23-10-11(2)3/h6-9,11,13H,5,10H2,1-4H3,(H,18,19,21)/t13-/m1/s1. The average Bonchev–Trinajstić information content (AvgIpc) is 2.99. The third kappa shape index (κ3) is 5.49. The molecule has 1 N–H and O–H groups in total. The number of nitrogens with one attached hydrogen (secondary N) is 1. The number of carbonyl (C=O) groups is 1. The molecular weight excluding hydrogens is 342 g/mol. The van der Waals surface area contributed by atoms with Crippen LogP contribution in [0.3, 0.4) is 0 Å². The zero-order valence-corrected chi connectivity index (χ0v) is 16.0. The van der Waals surface area contributed by atoms with Gasteiger partial charge in [0, 0.05) is 5.75 Å². The number of benzene rings is 1. The number of ether oxygens (including phenoxy) is 1. The van der Waals surface area contributed by atoms with E-state index in [-0.39, 0.29) is 5.91 Å². The van der Waals surface area contributed by atoms with E-state index in [0.29, 0.717) is 17.5 Å². The molecule has 1 amide bonds. The van der Waals surface area contributed by atoms with Gasteiger partial charge in [-0.3, -0.25) is 10.1 Å². The van der Waals surface area contributed by atoms with Crippen molar-refractivity contribution in [2.75, 3.05) is 11.1 Å². The van der Waals surface area contributed by atoms with Gasteiger partial charge >= 0.3 is 0 Å². The van der Waals surface area contributed by atoms with Crippen molar-refractivity contribution in [3.8, 4) is 5.75 Å². The lowest BCUT2D eigenvalue weighted by Gasteiger charge is -2.17. The van der Waals surface area contributed by atoms with Gasteiger partial charge in [0.2, 0.25) is 5.13 Å². The number of thioether (sulfide) groups is 1. The lowest BCUT2D eigenvalue weighted by molar-refractivity contribution is -0.122. The van der Waals surface area contributed by atoms with Crippen LogP contribution in [0.5, 0.6) is 5.75 Å². The normalized spacial score (nSPS) is 12.2. The highest BCUT2D eigenvalue weighted by atomic mass is 32.2. The number of para-hydroxylation sites is 1. The van der Waals surface area contributed by atoms with Gasteiger partial charge in [0.1, 0.15) is 5.75 Å². The molecule has 0 unspecified atom stereocenters. The maximum Gasteiger partial charge on any atom is 0.267 e. The smallest absolute Gasteiger partial charge is 0.267 e. The highest BCUT2D eigenvalue weighted by Gasteiger charge is 2.20. The first-order valence-corrected chi connectivity index (χ1v) is 9.79. The van der Waals surface area contributed by atoms with Gasteiger partial charge < -0.3 is 4.74 Å². The summed E-state index contributed by atoms with van der Waals surface area (Å²) in [5.41, 5.74) is 1.01. The van der Waals surface area contributed by atoms with E-state index in [1.165, 1.54) is 11.3 Å². The number of aryl methyl sites for hydroxylation is 1. The maximum absolute atomic E-state index is 12.4. The lowest BCUT2D eigenvalue weighted by atomic mass is 10.2. The van der Waals surface area contributed by atoms with E-state index in [9.17, 15) is 4.79 Å². The monoisotopic (exact) mass is 365 g/mol. The van der Waals surface area contributed by atoms with Gasteiger partial charge in [-0.1, -0.05) is 62.1 Å². The number of anilines is 1. The first-order valence-electron chi connectivity index (χ1n) is 7.99. The predicted molar refractivity (Wildman–Crippen MR) is 100.0 cm³/mol. The van der Waals surface area contributed by atoms with Crippen LogP contribution in [0, 0.1) is 12.8 Å². The van der Waals surface area contributed by atoms with Crippen molar-refractivity contribution in [1.29, 1.82) is 0 Å². The Labute approximate surface area is 151 Å². The molecule has 1 atom stereocenters. The van der Waals surface area contributed by atoms with E-state index >= 15 is 0 Å². The van der Waals surface area contributed by atoms with E-state index < -0.39 is 6.10 Å². The molecule has 0 fully saturated rings. The summed E-state index contributed by atoms with van der Waals surface area (Å²) in [6.45, 7) is 8.20. The predicted octanol–water partition coefficient (Wildman–Crippen LogP) is 4.39. The van der Waals surface area contributed by atoms with E-state index in [1.54, 1.807) is 11.8 Å². The molecule has 2 rings (SSSR count). The van der Waals surface area contributed by atoms with Crippen molar-refractivity contribution in [2.45, 2.75) is 44.6 Å². The van der Waals surface area contributed by atoms with Crippen molar-refractivity contribution in [3.05, 3.63) is 29.8 Å². The van der Waals surface area contributed by atoms with Crippen LogP contribution in [-0.2, 0) is 4.79 Å². The molecule has 0 saturated carbocycles. The summed E-state index contributed by atoms with van der Waals surface area (Å²) in [5, 5.41) is 11.5. The fourth-order valence-corrected chi connectivity index (χ4v) is 3.64. The molecule has 130 valence electrons. The summed E-state index contributed by atoms with van der Waals surface area (Å²) in [6, 6.07) is 7.68. The first kappa shape index (κ1) is 18.7. The number of hydrogen-bond acceptors (Lipinski definition) is 6. The quantitative estimate of drug-likeness (QED) is 0.555. The summed E-state index contributed by atoms with van der Waals surface area (Å²) >= 11 is 3.05. The van der Waals surface area contributed by atoms with Crippen LogP contribution in [0.1, 0.15) is 32.8 Å². The second-order valence-electron chi connectivity index (χ2n) is 5.85. The summed E-state index contributed by atoms with van der Waals surface area (Å²) in [5.74, 6) is 2.10. The minimum absolute atomic E-state index is 0.197. The van der Waals surface area contributed by atoms with E-state index in [2.05, 4.69) is 29.4 Å². The molecule has 1 heterocycles. The highest BCUT2D eigenvalue weighted by Crippen LogP contribution is 2.27. The minimum atomic E-state index is -0.554. The van der Waals surface area contributed by atoms with Crippen molar-refractivity contribution >= 4 is 34.1 Å². The molecular formula is C17H23N3O2S2. The molecule has 7 heteroatoms. The van der Waals surface area contributed by atoms with Crippen LogP contribution in [0.15, 0.2) is 28.6 Å². The summed E-state index contributed by atoms with van der Waals surface area (Å²) in [6.07, 6.45) is 0.0234. The Balaban J connectivity index is 1.95. The lowest BCUT2D eigenvalue weighted by Crippen LogP contribution is -2.32. The minimum Gasteiger partial charge on any atom is -0.480 e. The van der Waals surface area contributed by atoms with Crippen LogP contribution >= 0.6 is 23.1 Å². The fraction of sp³-hybridized carbons (Fsp3) is 0.471. The van der Waals surface area contributed by atoms with Crippen LogP contribution in [0.25, 0.3) is 0 Å². The van der Waals surface area contributed by atoms with Crippen LogP contribution in [0.4, 0.5) is 5.13 Å². The Morgan fingerprint density at radius 3 is 2.75 bits per heavy atom. The second kappa shape index (κ2) is 9.03. The van der Waals surface area contributed by atoms with E-state index in [0.717, 1.165) is 21.4 Å². The Hall–Kier alpha value is -1.60. The molecule has 2 aromatic rings. The molecule has 24 heavy (non-hydrogen) atoms. The molecule has 0 radical (unpaired) electrons. The third-order valence-electron chi connectivity index (χ3n) is 3.20. The molecule has 0 saturated heterocycles. The van der Waals surface area contributed by atoms with Crippen LogP contribution < -0.4 is 10.1 Å². The van der Waals surface area contributed by atoms with E-state index in [1.807, 2.05) is 38.1 Å². The average molecular weight is 366 g/mol. The van der Waals surface area contributed by atoms with Crippen molar-refractivity contribution in [3.63, 3.8) is 0 Å². The van der Waals surface area contributed by atoms with Gasteiger partial charge in [-0.25, -0.2) is 0 Å². The van der Waals surface area contributed by atoms with Crippen molar-refractivity contribution < 1.29 is 9.53 Å². The molecule has 0 aliphatic heterocycles. The number of carbonyl (C=O) groups excluding carboxylic acids is 1. The Bertz CT molecular complexity index is 673. The number of hydrogen-bond donors (Lipinski definition) is 1. The zero-order chi connectivity index (χ0) is 17.5. The summed E-state index contributed by atoms with van der Waals surface area (Å²) in [7, 11) is 0. The number of nitrogens with zero attached hydrogens (tertiary/aromatic N) is 2. The topological polar surface area (TPSA) is 64.1 Å². The van der Waals surface area contributed by atoms with Crippen molar-refractivity contribution in [2.24, 2.45) is 5.92 Å². The molecule has 1 aromatic heterocycles. The largest absolute Gasteiger partial charge is 0.480 e. The maximum atomic E-state index is 12.4. The second-order valence-corrected chi connectivity index (χ2v) is 8.09.